The van der Waals surface area contributed by atoms with Gasteiger partial charge in [0.05, 0.1) is 19.2 Å². The number of benzene rings is 3. The summed E-state index contributed by atoms with van der Waals surface area (Å²) in [6.45, 7) is 0.617. The number of methoxy groups -OCH3 is 1. The summed E-state index contributed by atoms with van der Waals surface area (Å²) in [5, 5.41) is 14.5. The maximum Gasteiger partial charge on any atom is 0.326 e. The number of aliphatic carboxylic acids is 1. The Morgan fingerprint density at radius 1 is 0.971 bits per heavy atom. The number of ether oxygens (including phenoxy) is 1. The number of carboxylic acid groups (broad SMARTS) is 1. The monoisotopic (exact) mass is 473 g/mol. The van der Waals surface area contributed by atoms with E-state index < -0.39 is 5.97 Å². The fourth-order valence-electron chi connectivity index (χ4n) is 4.08. The molecular formula is C27H27N3O5. The number of urea groups is 1. The van der Waals surface area contributed by atoms with Crippen molar-refractivity contribution in [2.75, 3.05) is 29.2 Å². The van der Waals surface area contributed by atoms with Gasteiger partial charge in [0, 0.05) is 24.3 Å². The third-order valence-corrected chi connectivity index (χ3v) is 5.87. The highest BCUT2D eigenvalue weighted by Gasteiger charge is 2.24. The lowest BCUT2D eigenvalue weighted by molar-refractivity contribution is -0.137. The molecule has 3 amide bonds. The van der Waals surface area contributed by atoms with Crippen LogP contribution < -0.4 is 20.3 Å². The number of nitrogens with one attached hydrogen (secondary N) is 2. The van der Waals surface area contributed by atoms with Crippen LogP contribution in [0.2, 0.25) is 0 Å². The van der Waals surface area contributed by atoms with Crippen molar-refractivity contribution >= 4 is 35.0 Å². The fourth-order valence-corrected chi connectivity index (χ4v) is 4.08. The van der Waals surface area contributed by atoms with Gasteiger partial charge in [-0.1, -0.05) is 36.4 Å². The third kappa shape index (κ3) is 5.97. The quantitative estimate of drug-likeness (QED) is 0.447. The Morgan fingerprint density at radius 3 is 2.46 bits per heavy atom. The molecule has 0 aromatic heterocycles. The van der Waals surface area contributed by atoms with Gasteiger partial charge in [0.15, 0.2) is 0 Å². The summed E-state index contributed by atoms with van der Waals surface area (Å²) in [7, 11) is 1.52. The van der Waals surface area contributed by atoms with Crippen molar-refractivity contribution in [2.24, 2.45) is 0 Å². The van der Waals surface area contributed by atoms with E-state index in [2.05, 4.69) is 10.6 Å². The standard InChI is InChI=1S/C27H27N3O5/c1-35-24-16-19(17-25(31)28-21-10-6-18(7-11-21)9-13-26(32)33)8-12-22(24)29-27(34)30-15-14-20-4-2-3-5-23(20)30/h2-8,10-12,16H,9,13-15,17H2,1H3,(H,28,31)(H,29,34)(H,32,33). The minimum absolute atomic E-state index is 0.0648. The number of amides is 3. The first kappa shape index (κ1) is 23.8. The molecule has 3 aromatic rings. The number of carbonyl (C=O) groups excluding carboxylic acids is 2. The fraction of sp³-hybridized carbons (Fsp3) is 0.222. The maximum absolute atomic E-state index is 12.9. The second-order valence-corrected chi connectivity index (χ2v) is 8.31. The van der Waals surface area contributed by atoms with Crippen LogP contribution in [0.1, 0.15) is 23.1 Å². The molecule has 0 atom stereocenters. The Kier molecular flexibility index (Phi) is 7.30. The summed E-state index contributed by atoms with van der Waals surface area (Å²) < 4.78 is 5.47. The molecule has 3 N–H and O–H groups in total. The largest absolute Gasteiger partial charge is 0.495 e. The highest BCUT2D eigenvalue weighted by Crippen LogP contribution is 2.30. The van der Waals surface area contributed by atoms with Crippen LogP contribution in [0.3, 0.4) is 0 Å². The second-order valence-electron chi connectivity index (χ2n) is 8.31. The zero-order valence-corrected chi connectivity index (χ0v) is 19.4. The Labute approximate surface area is 203 Å². The molecule has 0 aliphatic carbocycles. The molecule has 8 heteroatoms. The average molecular weight is 474 g/mol. The molecule has 1 heterocycles. The second kappa shape index (κ2) is 10.7. The predicted octanol–water partition coefficient (Wildman–Crippen LogP) is 4.49. The normalized spacial score (nSPS) is 12.1. The first-order valence-corrected chi connectivity index (χ1v) is 11.4. The zero-order valence-electron chi connectivity index (χ0n) is 19.4. The number of hydrogen-bond donors (Lipinski definition) is 3. The van der Waals surface area contributed by atoms with E-state index in [0.29, 0.717) is 30.1 Å². The van der Waals surface area contributed by atoms with E-state index in [-0.39, 0.29) is 24.8 Å². The molecule has 180 valence electrons. The van der Waals surface area contributed by atoms with Crippen molar-refractivity contribution in [3.63, 3.8) is 0 Å². The van der Waals surface area contributed by atoms with Gasteiger partial charge in [0.25, 0.3) is 0 Å². The van der Waals surface area contributed by atoms with Crippen molar-refractivity contribution < 1.29 is 24.2 Å². The molecule has 0 unspecified atom stereocenters. The van der Waals surface area contributed by atoms with Crippen LogP contribution in [0, 0.1) is 0 Å². The molecule has 0 saturated carbocycles. The average Bonchev–Trinajstić information content (AvgIpc) is 3.29. The van der Waals surface area contributed by atoms with Crippen LogP contribution in [0.4, 0.5) is 21.9 Å². The van der Waals surface area contributed by atoms with E-state index in [0.717, 1.165) is 28.8 Å². The lowest BCUT2D eigenvalue weighted by Gasteiger charge is -2.19. The van der Waals surface area contributed by atoms with E-state index >= 15 is 0 Å². The zero-order chi connectivity index (χ0) is 24.8. The molecule has 0 radical (unpaired) electrons. The van der Waals surface area contributed by atoms with Gasteiger partial charge in [0.2, 0.25) is 5.91 Å². The Balaban J connectivity index is 1.36. The molecule has 1 aliphatic rings. The molecule has 0 spiro atoms. The van der Waals surface area contributed by atoms with E-state index in [9.17, 15) is 14.4 Å². The summed E-state index contributed by atoms with van der Waals surface area (Å²) in [4.78, 5) is 37.8. The van der Waals surface area contributed by atoms with Crippen LogP contribution in [0.25, 0.3) is 0 Å². The molecule has 35 heavy (non-hydrogen) atoms. The number of carbonyl (C=O) groups is 3. The van der Waals surface area contributed by atoms with Gasteiger partial charge in [-0.25, -0.2) is 4.79 Å². The molecular weight excluding hydrogens is 446 g/mol. The summed E-state index contributed by atoms with van der Waals surface area (Å²) in [6, 6.07) is 20.0. The van der Waals surface area contributed by atoms with Gasteiger partial charge < -0.3 is 20.5 Å². The first-order chi connectivity index (χ1) is 16.9. The van der Waals surface area contributed by atoms with Gasteiger partial charge in [0.1, 0.15) is 5.75 Å². The van der Waals surface area contributed by atoms with Crippen LogP contribution in [-0.2, 0) is 28.9 Å². The van der Waals surface area contributed by atoms with Crippen LogP contribution >= 0.6 is 0 Å². The Bertz CT molecular complexity index is 1240. The minimum Gasteiger partial charge on any atom is -0.495 e. The van der Waals surface area contributed by atoms with Crippen molar-refractivity contribution in [1.82, 2.24) is 0 Å². The van der Waals surface area contributed by atoms with Crippen LogP contribution in [0.15, 0.2) is 66.7 Å². The molecule has 0 bridgehead atoms. The summed E-state index contributed by atoms with van der Waals surface area (Å²) >= 11 is 0. The van der Waals surface area contributed by atoms with Crippen molar-refractivity contribution in [3.05, 3.63) is 83.4 Å². The Hall–Kier alpha value is -4.33. The number of anilines is 3. The van der Waals surface area contributed by atoms with Gasteiger partial charge in [-0.3, -0.25) is 14.5 Å². The number of aryl methyl sites for hydroxylation is 1. The third-order valence-electron chi connectivity index (χ3n) is 5.87. The first-order valence-electron chi connectivity index (χ1n) is 11.4. The number of para-hydroxylation sites is 1. The highest BCUT2D eigenvalue weighted by molar-refractivity contribution is 6.04. The van der Waals surface area contributed by atoms with Crippen LogP contribution in [-0.4, -0.2) is 36.7 Å². The summed E-state index contributed by atoms with van der Waals surface area (Å²) in [5.41, 5.74) is 4.85. The van der Waals surface area contributed by atoms with Gasteiger partial charge >= 0.3 is 12.0 Å². The van der Waals surface area contributed by atoms with E-state index in [4.69, 9.17) is 9.84 Å². The molecule has 4 rings (SSSR count). The summed E-state index contributed by atoms with van der Waals surface area (Å²) in [6.07, 6.45) is 1.45. The lowest BCUT2D eigenvalue weighted by atomic mass is 10.1. The molecule has 8 nitrogen and oxygen atoms in total. The molecule has 0 fully saturated rings. The summed E-state index contributed by atoms with van der Waals surface area (Å²) in [5.74, 6) is -0.570. The van der Waals surface area contributed by atoms with Gasteiger partial charge in [-0.15, -0.1) is 0 Å². The van der Waals surface area contributed by atoms with Crippen molar-refractivity contribution in [3.8, 4) is 5.75 Å². The lowest BCUT2D eigenvalue weighted by Crippen LogP contribution is -2.33. The smallest absolute Gasteiger partial charge is 0.326 e. The van der Waals surface area contributed by atoms with E-state index in [1.54, 1.807) is 47.4 Å². The number of hydrogen-bond acceptors (Lipinski definition) is 4. The number of rotatable bonds is 8. The predicted molar refractivity (Wildman–Crippen MR) is 134 cm³/mol. The molecule has 0 saturated heterocycles. The topological polar surface area (TPSA) is 108 Å². The van der Waals surface area contributed by atoms with Crippen molar-refractivity contribution in [1.29, 1.82) is 0 Å². The molecule has 1 aliphatic heterocycles. The van der Waals surface area contributed by atoms with Gasteiger partial charge in [-0.2, -0.15) is 0 Å². The highest BCUT2D eigenvalue weighted by atomic mass is 16.5. The van der Waals surface area contributed by atoms with Gasteiger partial charge in [-0.05, 0) is 59.9 Å². The maximum atomic E-state index is 12.9. The van der Waals surface area contributed by atoms with Crippen molar-refractivity contribution in [2.45, 2.75) is 25.7 Å². The van der Waals surface area contributed by atoms with E-state index in [1.165, 1.54) is 7.11 Å². The number of fused-ring (bicyclic) bond motifs is 1. The van der Waals surface area contributed by atoms with Crippen LogP contribution in [0.5, 0.6) is 5.75 Å². The minimum atomic E-state index is -0.843. The number of nitrogens with zero attached hydrogens (tertiary/aromatic N) is 1. The number of carboxylic acids is 1. The Morgan fingerprint density at radius 2 is 1.71 bits per heavy atom. The molecule has 3 aromatic carbocycles. The SMILES string of the molecule is COc1cc(CC(=O)Nc2ccc(CCC(=O)O)cc2)ccc1NC(=O)N1CCc2ccccc21. The van der Waals surface area contributed by atoms with E-state index in [1.807, 2.05) is 24.3 Å².